The Hall–Kier alpha value is -3.55. The van der Waals surface area contributed by atoms with Crippen molar-refractivity contribution in [2.45, 2.75) is 143 Å². The van der Waals surface area contributed by atoms with E-state index in [-0.39, 0.29) is 52.2 Å². The van der Waals surface area contributed by atoms with Crippen LogP contribution in [0.25, 0.3) is 0 Å². The summed E-state index contributed by atoms with van der Waals surface area (Å²) in [5, 5.41) is 0. The molecule has 1 saturated heterocycles. The van der Waals surface area contributed by atoms with Crippen molar-refractivity contribution in [3.63, 3.8) is 0 Å². The number of carbonyl (C=O) groups is 5. The van der Waals surface area contributed by atoms with Gasteiger partial charge in [-0.15, -0.1) is 0 Å². The highest BCUT2D eigenvalue weighted by Crippen LogP contribution is 2.27. The topological polar surface area (TPSA) is 141 Å². The molecule has 300 valence electrons. The minimum Gasteiger partial charge on any atom is -0.461 e. The number of ether oxygens (including phenoxy) is 5. The third-order valence-corrected chi connectivity index (χ3v) is 7.81. The fraction of sp³-hybridized carbons (Fsp3) is 0.725. The summed E-state index contributed by atoms with van der Waals surface area (Å²) in [6.07, 6.45) is 0.0218. The van der Waals surface area contributed by atoms with Crippen molar-refractivity contribution in [2.24, 2.45) is 0 Å². The molecular formula is C40H65N3O10. The van der Waals surface area contributed by atoms with Gasteiger partial charge in [0.1, 0.15) is 35.1 Å². The van der Waals surface area contributed by atoms with Gasteiger partial charge < -0.3 is 23.7 Å². The molecule has 0 radical (unpaired) electrons. The molecule has 1 aliphatic heterocycles. The molecule has 0 bridgehead atoms. The summed E-state index contributed by atoms with van der Waals surface area (Å²) in [7, 11) is 0. The smallest absolute Gasteiger partial charge is 0.323 e. The van der Waals surface area contributed by atoms with Crippen LogP contribution in [0.4, 0.5) is 0 Å². The van der Waals surface area contributed by atoms with Crippen molar-refractivity contribution < 1.29 is 47.7 Å². The van der Waals surface area contributed by atoms with Crippen LogP contribution in [0, 0.1) is 0 Å². The summed E-state index contributed by atoms with van der Waals surface area (Å²) in [6, 6.07) is 8.42. The molecule has 53 heavy (non-hydrogen) atoms. The van der Waals surface area contributed by atoms with E-state index >= 15 is 0 Å². The molecule has 0 aliphatic carbocycles. The van der Waals surface area contributed by atoms with Gasteiger partial charge in [-0.05, 0) is 102 Å². The normalized spacial score (nSPS) is 18.5. The lowest BCUT2D eigenvalue weighted by Crippen LogP contribution is -2.62. The van der Waals surface area contributed by atoms with E-state index in [0.717, 1.165) is 5.56 Å². The van der Waals surface area contributed by atoms with Crippen molar-refractivity contribution in [3.05, 3.63) is 35.9 Å². The Morgan fingerprint density at radius 3 is 1.66 bits per heavy atom. The van der Waals surface area contributed by atoms with Crippen LogP contribution in [0.5, 0.6) is 0 Å². The van der Waals surface area contributed by atoms with Gasteiger partial charge in [-0.3, -0.25) is 38.7 Å². The lowest BCUT2D eigenvalue weighted by atomic mass is 9.96. The van der Waals surface area contributed by atoms with Gasteiger partial charge in [0.25, 0.3) is 0 Å². The summed E-state index contributed by atoms with van der Waals surface area (Å²) in [6.45, 7) is 23.6. The van der Waals surface area contributed by atoms with Crippen LogP contribution in [0.2, 0.25) is 0 Å². The van der Waals surface area contributed by atoms with Gasteiger partial charge >= 0.3 is 29.8 Å². The highest BCUT2D eigenvalue weighted by atomic mass is 16.6. The Morgan fingerprint density at radius 1 is 0.679 bits per heavy atom. The maximum absolute atomic E-state index is 14.0. The fourth-order valence-corrected chi connectivity index (χ4v) is 5.94. The second kappa shape index (κ2) is 18.7. The average molecular weight is 748 g/mol. The molecular weight excluding hydrogens is 682 g/mol. The third kappa shape index (κ3) is 18.4. The van der Waals surface area contributed by atoms with Gasteiger partial charge in [-0.2, -0.15) is 0 Å². The standard InChI is InChI=1S/C40H65N3O10/c1-36(2,3)50-32(45)23-41-21-22-42(30(35(48)53-39(10,11)12)19-20-31(44)49-26-29-17-15-14-16-18-29)28-40(13,27-41)43(24-33(46)51-37(4,5)6)25-34(47)52-38(7,8)9/h14-18,30H,19-28H2,1-13H3/t30-,40+/m1/s1. The minimum absolute atomic E-state index is 0.0644. The van der Waals surface area contributed by atoms with Crippen LogP contribution in [-0.4, -0.2) is 124 Å². The predicted octanol–water partition coefficient (Wildman–Crippen LogP) is 4.92. The molecule has 0 spiro atoms. The number of nitrogens with zero attached hydrogens (tertiary/aromatic N) is 3. The average Bonchev–Trinajstić information content (AvgIpc) is 3.11. The molecule has 0 aromatic heterocycles. The van der Waals surface area contributed by atoms with Gasteiger partial charge in [0, 0.05) is 38.1 Å². The highest BCUT2D eigenvalue weighted by Gasteiger charge is 2.44. The lowest BCUT2D eigenvalue weighted by molar-refractivity contribution is -0.167. The van der Waals surface area contributed by atoms with Crippen LogP contribution in [0.15, 0.2) is 30.3 Å². The van der Waals surface area contributed by atoms with Crippen LogP contribution in [-0.2, 0) is 54.3 Å². The molecule has 1 heterocycles. The molecule has 2 atom stereocenters. The summed E-state index contributed by atoms with van der Waals surface area (Å²) in [5.41, 5.74) is -3.31. The zero-order valence-electron chi connectivity index (χ0n) is 34.5. The maximum atomic E-state index is 14.0. The number of carbonyl (C=O) groups excluding carboxylic acids is 5. The molecule has 0 amide bonds. The quantitative estimate of drug-likeness (QED) is 0.188. The first-order valence-corrected chi connectivity index (χ1v) is 18.4. The minimum atomic E-state index is -1.04. The number of hydrogen-bond donors (Lipinski definition) is 0. The fourth-order valence-electron chi connectivity index (χ4n) is 5.94. The van der Waals surface area contributed by atoms with Crippen molar-refractivity contribution in [3.8, 4) is 0 Å². The molecule has 13 nitrogen and oxygen atoms in total. The zero-order valence-corrected chi connectivity index (χ0v) is 34.5. The lowest BCUT2D eigenvalue weighted by Gasteiger charge is -2.44. The van der Waals surface area contributed by atoms with E-state index in [0.29, 0.717) is 13.1 Å². The van der Waals surface area contributed by atoms with E-state index in [1.807, 2.05) is 47.1 Å². The first-order valence-electron chi connectivity index (χ1n) is 18.4. The third-order valence-electron chi connectivity index (χ3n) is 7.81. The molecule has 1 aromatic carbocycles. The number of hydrogen-bond acceptors (Lipinski definition) is 13. The summed E-state index contributed by atoms with van der Waals surface area (Å²) < 4.78 is 28.5. The Morgan fingerprint density at radius 2 is 1.17 bits per heavy atom. The predicted molar refractivity (Wildman–Crippen MR) is 201 cm³/mol. The molecule has 0 saturated carbocycles. The van der Waals surface area contributed by atoms with E-state index < -0.39 is 63.8 Å². The Labute approximate surface area is 316 Å². The molecule has 1 fully saturated rings. The van der Waals surface area contributed by atoms with Gasteiger partial charge in [0.15, 0.2) is 0 Å². The van der Waals surface area contributed by atoms with Crippen molar-refractivity contribution >= 4 is 29.8 Å². The molecule has 1 aliphatic rings. The molecule has 1 aromatic rings. The largest absolute Gasteiger partial charge is 0.461 e. The van der Waals surface area contributed by atoms with Crippen molar-refractivity contribution in [2.75, 3.05) is 45.8 Å². The van der Waals surface area contributed by atoms with Gasteiger partial charge in [0.2, 0.25) is 0 Å². The highest BCUT2D eigenvalue weighted by molar-refractivity contribution is 5.78. The van der Waals surface area contributed by atoms with E-state index in [1.165, 1.54) is 0 Å². The van der Waals surface area contributed by atoms with E-state index in [4.69, 9.17) is 23.7 Å². The van der Waals surface area contributed by atoms with Crippen molar-refractivity contribution in [1.82, 2.24) is 14.7 Å². The number of rotatable bonds is 14. The van der Waals surface area contributed by atoms with Gasteiger partial charge in [-0.25, -0.2) is 0 Å². The second-order valence-electron chi connectivity index (χ2n) is 18.0. The SMILES string of the molecule is CC(C)(C)OC(=O)CN1CCN([C@H](CCC(=O)OCc2ccccc2)C(=O)OC(C)(C)C)C[C@@](C)(N(CC(=O)OC(C)(C)C)CC(=O)OC(C)(C)C)C1. The maximum Gasteiger partial charge on any atom is 0.323 e. The first kappa shape index (κ1) is 45.6. The second-order valence-corrected chi connectivity index (χ2v) is 18.0. The van der Waals surface area contributed by atoms with Gasteiger partial charge in [-0.1, -0.05) is 30.3 Å². The van der Waals surface area contributed by atoms with Gasteiger partial charge in [0.05, 0.1) is 19.6 Å². The summed E-state index contributed by atoms with van der Waals surface area (Å²) in [5.74, 6) is -2.54. The monoisotopic (exact) mass is 747 g/mol. The molecule has 0 unspecified atom stereocenters. The van der Waals surface area contributed by atoms with Crippen LogP contribution in [0.3, 0.4) is 0 Å². The van der Waals surface area contributed by atoms with Crippen LogP contribution < -0.4 is 0 Å². The van der Waals surface area contributed by atoms with Crippen LogP contribution in [0.1, 0.15) is 108 Å². The van der Waals surface area contributed by atoms with E-state index in [1.54, 1.807) is 88.0 Å². The Bertz CT molecular complexity index is 1360. The zero-order chi connectivity index (χ0) is 40.4. The Balaban J connectivity index is 2.56. The van der Waals surface area contributed by atoms with E-state index in [2.05, 4.69) is 0 Å². The number of esters is 5. The molecule has 2 rings (SSSR count). The Kier molecular flexibility index (Phi) is 16.1. The summed E-state index contributed by atoms with van der Waals surface area (Å²) in [4.78, 5) is 72.4. The molecule has 13 heteroatoms. The molecule has 0 N–H and O–H groups in total. The van der Waals surface area contributed by atoms with Crippen molar-refractivity contribution in [1.29, 1.82) is 0 Å². The first-order chi connectivity index (χ1) is 24.1. The summed E-state index contributed by atoms with van der Waals surface area (Å²) >= 11 is 0. The van der Waals surface area contributed by atoms with Crippen LogP contribution >= 0.6 is 0 Å². The number of benzene rings is 1. The van der Waals surface area contributed by atoms with E-state index in [9.17, 15) is 24.0 Å².